The monoisotopic (exact) mass is 398 g/mol. The van der Waals surface area contributed by atoms with E-state index >= 15 is 0 Å². The van der Waals surface area contributed by atoms with Crippen LogP contribution in [0.15, 0.2) is 39.7 Å². The van der Waals surface area contributed by atoms with E-state index in [1.807, 2.05) is 0 Å². The molecule has 2 aromatic rings. The third-order valence-corrected chi connectivity index (χ3v) is 4.93. The maximum atomic E-state index is 12.4. The SMILES string of the molecule is O=C1S/C(=C\c2ccc([N+](=O)[O-])o2)C(=O)N1Cc1c(Cl)cccc1Cl. The van der Waals surface area contributed by atoms with Crippen molar-refractivity contribution in [1.29, 1.82) is 0 Å². The van der Waals surface area contributed by atoms with Crippen LogP contribution >= 0.6 is 35.0 Å². The topological polar surface area (TPSA) is 93.7 Å². The molecule has 1 aromatic heterocycles. The van der Waals surface area contributed by atoms with Crippen LogP contribution in [-0.2, 0) is 11.3 Å². The summed E-state index contributed by atoms with van der Waals surface area (Å²) in [4.78, 5) is 35.6. The number of amides is 2. The molecule has 1 aliphatic rings. The minimum atomic E-state index is -0.692. The zero-order valence-electron chi connectivity index (χ0n) is 12.3. The number of rotatable bonds is 4. The highest BCUT2D eigenvalue weighted by atomic mass is 35.5. The number of hydrogen-bond acceptors (Lipinski definition) is 6. The van der Waals surface area contributed by atoms with Crippen molar-refractivity contribution in [2.45, 2.75) is 6.54 Å². The molecule has 1 aromatic carbocycles. The Morgan fingerprint density at radius 1 is 1.20 bits per heavy atom. The predicted molar refractivity (Wildman–Crippen MR) is 93.3 cm³/mol. The van der Waals surface area contributed by atoms with Crippen molar-refractivity contribution in [1.82, 2.24) is 4.90 Å². The second-order valence-electron chi connectivity index (χ2n) is 4.90. The summed E-state index contributed by atoms with van der Waals surface area (Å²) in [5.74, 6) is -0.897. The molecular formula is C15H8Cl2N2O5S. The minimum Gasteiger partial charge on any atom is -0.401 e. The highest BCUT2D eigenvalue weighted by Crippen LogP contribution is 2.36. The van der Waals surface area contributed by atoms with E-state index < -0.39 is 22.0 Å². The fraction of sp³-hybridized carbons (Fsp3) is 0.0667. The summed E-state index contributed by atoms with van der Waals surface area (Å²) < 4.78 is 4.97. The van der Waals surface area contributed by atoms with Gasteiger partial charge in [-0.15, -0.1) is 0 Å². The summed E-state index contributed by atoms with van der Waals surface area (Å²) in [7, 11) is 0. The van der Waals surface area contributed by atoms with E-state index in [2.05, 4.69) is 0 Å². The smallest absolute Gasteiger partial charge is 0.401 e. The van der Waals surface area contributed by atoms with E-state index in [4.69, 9.17) is 27.6 Å². The van der Waals surface area contributed by atoms with Gasteiger partial charge in [0.15, 0.2) is 0 Å². The van der Waals surface area contributed by atoms with Crippen LogP contribution in [0.5, 0.6) is 0 Å². The van der Waals surface area contributed by atoms with Gasteiger partial charge in [0, 0.05) is 21.7 Å². The van der Waals surface area contributed by atoms with Crippen molar-refractivity contribution in [2.75, 3.05) is 0 Å². The van der Waals surface area contributed by atoms with Crippen molar-refractivity contribution in [3.63, 3.8) is 0 Å². The van der Waals surface area contributed by atoms with Gasteiger partial charge in [0.1, 0.15) is 10.7 Å². The van der Waals surface area contributed by atoms with Crippen molar-refractivity contribution in [2.24, 2.45) is 0 Å². The number of benzene rings is 1. The molecular weight excluding hydrogens is 391 g/mol. The molecule has 25 heavy (non-hydrogen) atoms. The molecule has 0 saturated carbocycles. The Morgan fingerprint density at radius 2 is 1.88 bits per heavy atom. The van der Waals surface area contributed by atoms with E-state index in [0.717, 1.165) is 4.90 Å². The first-order valence-electron chi connectivity index (χ1n) is 6.79. The number of thioether (sulfide) groups is 1. The van der Waals surface area contributed by atoms with Crippen molar-refractivity contribution >= 4 is 58.1 Å². The molecule has 1 saturated heterocycles. The van der Waals surface area contributed by atoms with Gasteiger partial charge >= 0.3 is 5.88 Å². The molecule has 0 spiro atoms. The fourth-order valence-electron chi connectivity index (χ4n) is 2.12. The van der Waals surface area contributed by atoms with Crippen molar-refractivity contribution in [3.8, 4) is 0 Å². The van der Waals surface area contributed by atoms with Gasteiger partial charge < -0.3 is 4.42 Å². The van der Waals surface area contributed by atoms with E-state index in [9.17, 15) is 19.7 Å². The highest BCUT2D eigenvalue weighted by Gasteiger charge is 2.36. The van der Waals surface area contributed by atoms with Gasteiger partial charge in [-0.2, -0.15) is 0 Å². The first-order valence-corrected chi connectivity index (χ1v) is 8.36. The normalized spacial score (nSPS) is 16.1. The lowest BCUT2D eigenvalue weighted by atomic mass is 10.2. The Kier molecular flexibility index (Phi) is 4.85. The Balaban J connectivity index is 1.84. The van der Waals surface area contributed by atoms with Gasteiger partial charge in [0.2, 0.25) is 0 Å². The summed E-state index contributed by atoms with van der Waals surface area (Å²) in [6.45, 7) is -0.0706. The molecule has 1 fully saturated rings. The molecule has 7 nitrogen and oxygen atoms in total. The third kappa shape index (κ3) is 3.55. The zero-order chi connectivity index (χ0) is 18.1. The molecule has 10 heteroatoms. The zero-order valence-corrected chi connectivity index (χ0v) is 14.6. The lowest BCUT2D eigenvalue weighted by Gasteiger charge is -2.14. The van der Waals surface area contributed by atoms with Crippen LogP contribution in [-0.4, -0.2) is 21.0 Å². The molecule has 3 rings (SSSR count). The summed E-state index contributed by atoms with van der Waals surface area (Å²) in [6, 6.07) is 7.39. The summed E-state index contributed by atoms with van der Waals surface area (Å²) in [6.07, 6.45) is 1.28. The van der Waals surface area contributed by atoms with Crippen LogP contribution in [0.25, 0.3) is 6.08 Å². The molecule has 0 N–H and O–H groups in total. The van der Waals surface area contributed by atoms with Gasteiger partial charge in [-0.1, -0.05) is 29.3 Å². The number of nitrogens with zero attached hydrogens (tertiary/aromatic N) is 2. The van der Waals surface area contributed by atoms with E-state index in [1.54, 1.807) is 18.2 Å². The third-order valence-electron chi connectivity index (χ3n) is 3.32. The number of hydrogen-bond donors (Lipinski definition) is 0. The van der Waals surface area contributed by atoms with Crippen molar-refractivity contribution in [3.05, 3.63) is 66.7 Å². The van der Waals surface area contributed by atoms with Crippen LogP contribution in [0.1, 0.15) is 11.3 Å². The summed E-state index contributed by atoms with van der Waals surface area (Å²) in [5.41, 5.74) is 0.461. The molecule has 2 heterocycles. The van der Waals surface area contributed by atoms with Crippen molar-refractivity contribution < 1.29 is 18.9 Å². The van der Waals surface area contributed by atoms with Gasteiger partial charge in [0.05, 0.1) is 17.5 Å². The number of halogens is 2. The molecule has 0 atom stereocenters. The lowest BCUT2D eigenvalue weighted by Crippen LogP contribution is -2.27. The molecule has 0 bridgehead atoms. The summed E-state index contributed by atoms with van der Waals surface area (Å²) in [5, 5.41) is 10.8. The second-order valence-corrected chi connectivity index (χ2v) is 6.71. The van der Waals surface area contributed by atoms with E-state index in [0.29, 0.717) is 27.4 Å². The largest absolute Gasteiger partial charge is 0.433 e. The lowest BCUT2D eigenvalue weighted by molar-refractivity contribution is -0.402. The molecule has 0 aliphatic carbocycles. The Hall–Kier alpha value is -2.29. The average molecular weight is 399 g/mol. The Bertz CT molecular complexity index is 904. The minimum absolute atomic E-state index is 0.0706. The van der Waals surface area contributed by atoms with Gasteiger partial charge in [-0.25, -0.2) is 0 Å². The maximum absolute atomic E-state index is 12.4. The summed E-state index contributed by atoms with van der Waals surface area (Å²) >= 11 is 12.8. The van der Waals surface area contributed by atoms with Crippen LogP contribution in [0, 0.1) is 10.1 Å². The quantitative estimate of drug-likeness (QED) is 0.419. The average Bonchev–Trinajstić information content (AvgIpc) is 3.11. The van der Waals surface area contributed by atoms with E-state index in [1.165, 1.54) is 18.2 Å². The maximum Gasteiger partial charge on any atom is 0.433 e. The van der Waals surface area contributed by atoms with Gasteiger partial charge in [-0.3, -0.25) is 24.6 Å². The first kappa shape index (κ1) is 17.5. The number of carbonyl (C=O) groups is 2. The highest BCUT2D eigenvalue weighted by molar-refractivity contribution is 8.18. The Labute approximate surface area is 155 Å². The number of carbonyl (C=O) groups excluding carboxylic acids is 2. The molecule has 128 valence electrons. The first-order chi connectivity index (χ1) is 11.9. The number of nitro groups is 1. The Morgan fingerprint density at radius 3 is 2.48 bits per heavy atom. The van der Waals surface area contributed by atoms with Crippen LogP contribution in [0.2, 0.25) is 10.0 Å². The second kappa shape index (κ2) is 6.91. The van der Waals surface area contributed by atoms with E-state index in [-0.39, 0.29) is 17.2 Å². The van der Waals surface area contributed by atoms with Crippen LogP contribution in [0.3, 0.4) is 0 Å². The van der Waals surface area contributed by atoms with Gasteiger partial charge in [0.25, 0.3) is 11.1 Å². The molecule has 0 radical (unpaired) electrons. The fourth-order valence-corrected chi connectivity index (χ4v) is 3.46. The number of imide groups is 1. The van der Waals surface area contributed by atoms with Crippen LogP contribution < -0.4 is 0 Å². The predicted octanol–water partition coefficient (Wildman–Crippen LogP) is 4.73. The van der Waals surface area contributed by atoms with Gasteiger partial charge in [-0.05, 0) is 30.0 Å². The standard InChI is InChI=1S/C15H8Cl2N2O5S/c16-10-2-1-3-11(17)9(10)7-18-14(20)12(25-15(18)21)6-8-4-5-13(24-8)19(22)23/h1-6H,7H2/b12-6-. The van der Waals surface area contributed by atoms with Crippen LogP contribution in [0.4, 0.5) is 10.7 Å². The number of furan rings is 1. The molecule has 1 aliphatic heterocycles. The molecule has 2 amide bonds. The molecule has 0 unspecified atom stereocenters.